The lowest BCUT2D eigenvalue weighted by atomic mass is 9.85. The third kappa shape index (κ3) is 2.49. The summed E-state index contributed by atoms with van der Waals surface area (Å²) in [4.78, 5) is 0. The van der Waals surface area contributed by atoms with Crippen LogP contribution in [0.4, 0.5) is 0 Å². The van der Waals surface area contributed by atoms with E-state index in [2.05, 4.69) is 18.8 Å². The van der Waals surface area contributed by atoms with Crippen molar-refractivity contribution in [2.24, 2.45) is 5.92 Å². The van der Waals surface area contributed by atoms with Gasteiger partial charge in [0, 0.05) is 12.8 Å². The molecule has 100 valence electrons. The van der Waals surface area contributed by atoms with Crippen LogP contribution >= 0.6 is 0 Å². The molecule has 0 saturated carbocycles. The first-order chi connectivity index (χ1) is 8.71. The average molecular weight is 250 g/mol. The molecule has 0 radical (unpaired) electrons. The number of rotatable bonds is 3. The van der Waals surface area contributed by atoms with Crippen molar-refractivity contribution in [1.82, 2.24) is 0 Å². The average Bonchev–Trinajstić information content (AvgIpc) is 2.69. The minimum Gasteiger partial charge on any atom is -0.497 e. The summed E-state index contributed by atoms with van der Waals surface area (Å²) in [5, 5.41) is 10.7. The first-order valence-electron chi connectivity index (χ1n) is 6.83. The lowest BCUT2D eigenvalue weighted by Gasteiger charge is -2.29. The molecule has 1 saturated heterocycles. The molecule has 1 aliphatic heterocycles. The Kier molecular flexibility index (Phi) is 4.19. The van der Waals surface area contributed by atoms with Crippen LogP contribution in [0.1, 0.15) is 45.4 Å². The molecule has 2 aliphatic rings. The molecular weight excluding hydrogens is 228 g/mol. The Morgan fingerprint density at radius 3 is 3.11 bits per heavy atom. The number of ether oxygens (including phenoxy) is 2. The van der Waals surface area contributed by atoms with E-state index in [1.165, 1.54) is 0 Å². The number of fused-ring (bicyclic) bond motifs is 1. The van der Waals surface area contributed by atoms with Crippen LogP contribution in [-0.2, 0) is 9.47 Å². The molecule has 0 aromatic rings. The molecule has 3 nitrogen and oxygen atoms in total. The highest BCUT2D eigenvalue weighted by atomic mass is 16.5. The standard InChI is InChI=1S/C15H22O3/c1-3-4-5-6-9-15(16)11-13(17-2)14-12(15)8-7-10-18-14/h12,16H,3-5,7-8,10-11H2,1-2H3/t12-,15-/m1/s1. The largest absolute Gasteiger partial charge is 0.497 e. The maximum Gasteiger partial charge on any atom is 0.142 e. The molecule has 18 heavy (non-hydrogen) atoms. The highest BCUT2D eigenvalue weighted by molar-refractivity contribution is 5.32. The van der Waals surface area contributed by atoms with Crippen LogP contribution in [0.2, 0.25) is 0 Å². The van der Waals surface area contributed by atoms with Crippen LogP contribution in [0.3, 0.4) is 0 Å². The van der Waals surface area contributed by atoms with Gasteiger partial charge in [-0.2, -0.15) is 0 Å². The molecule has 2 atom stereocenters. The van der Waals surface area contributed by atoms with E-state index in [-0.39, 0.29) is 5.92 Å². The predicted octanol–water partition coefficient (Wildman–Crippen LogP) is 2.60. The van der Waals surface area contributed by atoms with Gasteiger partial charge in [-0.05, 0) is 19.3 Å². The van der Waals surface area contributed by atoms with Crippen molar-refractivity contribution in [3.05, 3.63) is 11.5 Å². The smallest absolute Gasteiger partial charge is 0.142 e. The molecule has 0 aromatic carbocycles. The molecule has 1 heterocycles. The van der Waals surface area contributed by atoms with Gasteiger partial charge in [0.05, 0.1) is 19.6 Å². The third-order valence-electron chi connectivity index (χ3n) is 3.70. The van der Waals surface area contributed by atoms with Crippen LogP contribution in [-0.4, -0.2) is 24.4 Å². The summed E-state index contributed by atoms with van der Waals surface area (Å²) in [6, 6.07) is 0. The first kappa shape index (κ1) is 13.3. The van der Waals surface area contributed by atoms with Crippen molar-refractivity contribution in [3.63, 3.8) is 0 Å². The van der Waals surface area contributed by atoms with Gasteiger partial charge < -0.3 is 14.6 Å². The number of hydrogen-bond donors (Lipinski definition) is 1. The van der Waals surface area contributed by atoms with Gasteiger partial charge in [0.25, 0.3) is 0 Å². The number of unbranched alkanes of at least 4 members (excludes halogenated alkanes) is 2. The Morgan fingerprint density at radius 1 is 1.56 bits per heavy atom. The van der Waals surface area contributed by atoms with Crippen LogP contribution in [0.25, 0.3) is 0 Å². The molecule has 0 aromatic heterocycles. The summed E-state index contributed by atoms with van der Waals surface area (Å²) in [5.74, 6) is 7.76. The molecule has 1 fully saturated rings. The normalized spacial score (nSPS) is 30.3. The fourth-order valence-corrected chi connectivity index (χ4v) is 2.67. The maximum atomic E-state index is 10.7. The predicted molar refractivity (Wildman–Crippen MR) is 69.6 cm³/mol. The van der Waals surface area contributed by atoms with Gasteiger partial charge in [-0.15, -0.1) is 5.92 Å². The molecule has 0 spiro atoms. The molecule has 3 heteroatoms. The van der Waals surface area contributed by atoms with E-state index >= 15 is 0 Å². The molecular formula is C15H22O3. The quantitative estimate of drug-likeness (QED) is 0.618. The first-order valence-corrected chi connectivity index (χ1v) is 6.83. The van der Waals surface area contributed by atoms with E-state index in [9.17, 15) is 5.11 Å². The van der Waals surface area contributed by atoms with Crippen molar-refractivity contribution >= 4 is 0 Å². The van der Waals surface area contributed by atoms with Crippen LogP contribution in [0, 0.1) is 17.8 Å². The van der Waals surface area contributed by atoms with Crippen molar-refractivity contribution in [3.8, 4) is 11.8 Å². The van der Waals surface area contributed by atoms with E-state index < -0.39 is 5.60 Å². The van der Waals surface area contributed by atoms with Gasteiger partial charge in [0.2, 0.25) is 0 Å². The van der Waals surface area contributed by atoms with Crippen LogP contribution in [0.15, 0.2) is 11.5 Å². The second-order valence-corrected chi connectivity index (χ2v) is 5.04. The molecule has 0 unspecified atom stereocenters. The fraction of sp³-hybridized carbons (Fsp3) is 0.733. The highest BCUT2D eigenvalue weighted by Gasteiger charge is 2.48. The summed E-state index contributed by atoms with van der Waals surface area (Å²) in [5.41, 5.74) is -0.977. The van der Waals surface area contributed by atoms with E-state index in [1.54, 1.807) is 7.11 Å². The van der Waals surface area contributed by atoms with E-state index in [0.717, 1.165) is 50.2 Å². The summed E-state index contributed by atoms with van der Waals surface area (Å²) >= 11 is 0. The number of methoxy groups -OCH3 is 1. The number of hydrogen-bond acceptors (Lipinski definition) is 3. The van der Waals surface area contributed by atoms with E-state index in [0.29, 0.717) is 6.42 Å². The minimum absolute atomic E-state index is 0.00433. The van der Waals surface area contributed by atoms with Gasteiger partial charge in [0.15, 0.2) is 0 Å². The molecule has 1 N–H and O–H groups in total. The third-order valence-corrected chi connectivity index (χ3v) is 3.70. The zero-order valence-corrected chi connectivity index (χ0v) is 11.3. The summed E-state index contributed by atoms with van der Waals surface area (Å²) < 4.78 is 11.0. The van der Waals surface area contributed by atoms with Gasteiger partial charge >= 0.3 is 0 Å². The van der Waals surface area contributed by atoms with Gasteiger partial charge in [0.1, 0.15) is 17.1 Å². The Hall–Kier alpha value is -1.14. The molecule has 1 aliphatic carbocycles. The van der Waals surface area contributed by atoms with Crippen molar-refractivity contribution in [1.29, 1.82) is 0 Å². The minimum atomic E-state index is -0.977. The Bertz CT molecular complexity index is 388. The van der Waals surface area contributed by atoms with Crippen molar-refractivity contribution in [2.45, 2.75) is 51.0 Å². The highest BCUT2D eigenvalue weighted by Crippen LogP contribution is 2.45. The second-order valence-electron chi connectivity index (χ2n) is 5.04. The van der Waals surface area contributed by atoms with E-state index in [4.69, 9.17) is 9.47 Å². The summed E-state index contributed by atoms with van der Waals surface area (Å²) in [6.07, 6.45) is 5.44. The van der Waals surface area contributed by atoms with Crippen LogP contribution < -0.4 is 0 Å². The Labute approximate surface area is 109 Å². The van der Waals surface area contributed by atoms with Crippen molar-refractivity contribution < 1.29 is 14.6 Å². The molecule has 0 amide bonds. The monoisotopic (exact) mass is 250 g/mol. The Balaban J connectivity index is 2.12. The molecule has 2 rings (SSSR count). The Morgan fingerprint density at radius 2 is 2.39 bits per heavy atom. The van der Waals surface area contributed by atoms with Gasteiger partial charge in [-0.25, -0.2) is 0 Å². The van der Waals surface area contributed by atoms with Crippen LogP contribution in [0.5, 0.6) is 0 Å². The van der Waals surface area contributed by atoms with Gasteiger partial charge in [-0.3, -0.25) is 0 Å². The van der Waals surface area contributed by atoms with Crippen molar-refractivity contribution in [2.75, 3.05) is 13.7 Å². The fourth-order valence-electron chi connectivity index (χ4n) is 2.67. The maximum absolute atomic E-state index is 10.7. The lowest BCUT2D eigenvalue weighted by molar-refractivity contribution is 0.0161. The lowest BCUT2D eigenvalue weighted by Crippen LogP contribution is -2.35. The second kappa shape index (κ2) is 5.67. The SMILES string of the molecule is CCCCC#C[C@@]1(O)CC(OC)=C2OCCC[C@H]21. The number of aliphatic hydroxyl groups is 1. The topological polar surface area (TPSA) is 38.7 Å². The summed E-state index contributed by atoms with van der Waals surface area (Å²) in [6.45, 7) is 2.86. The zero-order chi connectivity index (χ0) is 13.0. The zero-order valence-electron chi connectivity index (χ0n) is 11.3. The molecule has 0 bridgehead atoms. The van der Waals surface area contributed by atoms with Gasteiger partial charge in [-0.1, -0.05) is 19.3 Å². The van der Waals surface area contributed by atoms with E-state index in [1.807, 2.05) is 0 Å². The summed E-state index contributed by atoms with van der Waals surface area (Å²) in [7, 11) is 1.63.